The molecule has 0 saturated heterocycles. The standard InChI is InChI=1S/C14H14N4O/c1-3-9-7-15-5-4-11(9)10-6-12-13(16-8-10)18(2)17-14(12)19/h4-8H,3H2,1-2H3,(H,17,19). The van der Waals surface area contributed by atoms with E-state index in [4.69, 9.17) is 0 Å². The number of aromatic amines is 1. The number of pyridine rings is 2. The van der Waals surface area contributed by atoms with Gasteiger partial charge in [-0.25, -0.2) is 4.98 Å². The van der Waals surface area contributed by atoms with Gasteiger partial charge in [-0.2, -0.15) is 0 Å². The van der Waals surface area contributed by atoms with E-state index in [-0.39, 0.29) is 5.56 Å². The maximum Gasteiger partial charge on any atom is 0.273 e. The second-order valence-corrected chi connectivity index (χ2v) is 4.48. The summed E-state index contributed by atoms with van der Waals surface area (Å²) >= 11 is 0. The van der Waals surface area contributed by atoms with Crippen LogP contribution in [0.4, 0.5) is 0 Å². The van der Waals surface area contributed by atoms with Crippen LogP contribution in [0.25, 0.3) is 22.2 Å². The van der Waals surface area contributed by atoms with Crippen molar-refractivity contribution >= 4 is 11.0 Å². The van der Waals surface area contributed by atoms with E-state index in [2.05, 4.69) is 22.0 Å². The first-order valence-corrected chi connectivity index (χ1v) is 6.18. The Bertz CT molecular complexity index is 801. The molecule has 19 heavy (non-hydrogen) atoms. The largest absolute Gasteiger partial charge is 0.273 e. The Kier molecular flexibility index (Phi) is 2.67. The first-order valence-electron chi connectivity index (χ1n) is 6.18. The van der Waals surface area contributed by atoms with Crippen LogP contribution < -0.4 is 5.56 Å². The third-order valence-electron chi connectivity index (χ3n) is 3.29. The third-order valence-corrected chi connectivity index (χ3v) is 3.29. The molecule has 1 N–H and O–H groups in total. The molecule has 3 aromatic rings. The number of aryl methyl sites for hydroxylation is 2. The third kappa shape index (κ3) is 1.83. The Morgan fingerprint density at radius 1 is 1.37 bits per heavy atom. The average molecular weight is 254 g/mol. The topological polar surface area (TPSA) is 63.6 Å². The van der Waals surface area contributed by atoms with Crippen LogP contribution in [-0.4, -0.2) is 19.7 Å². The van der Waals surface area contributed by atoms with Crippen LogP contribution in [0, 0.1) is 0 Å². The molecule has 0 radical (unpaired) electrons. The van der Waals surface area contributed by atoms with Crippen LogP contribution in [0.2, 0.25) is 0 Å². The molecule has 3 heterocycles. The van der Waals surface area contributed by atoms with Gasteiger partial charge < -0.3 is 0 Å². The van der Waals surface area contributed by atoms with Crippen LogP contribution in [0.1, 0.15) is 12.5 Å². The molecular weight excluding hydrogens is 240 g/mol. The van der Waals surface area contributed by atoms with Crippen LogP contribution >= 0.6 is 0 Å². The molecule has 0 amide bonds. The lowest BCUT2D eigenvalue weighted by molar-refractivity contribution is 0.774. The highest BCUT2D eigenvalue weighted by Gasteiger charge is 2.09. The summed E-state index contributed by atoms with van der Waals surface area (Å²) in [5.74, 6) is 0. The number of hydrogen-bond donors (Lipinski definition) is 1. The van der Waals surface area contributed by atoms with E-state index in [1.807, 2.05) is 18.3 Å². The summed E-state index contributed by atoms with van der Waals surface area (Å²) in [6.07, 6.45) is 6.30. The summed E-state index contributed by atoms with van der Waals surface area (Å²) < 4.78 is 1.63. The molecule has 0 bridgehead atoms. The van der Waals surface area contributed by atoms with Gasteiger partial charge in [-0.15, -0.1) is 0 Å². The molecule has 0 aliphatic heterocycles. The molecule has 0 spiro atoms. The molecule has 96 valence electrons. The Balaban J connectivity index is 2.26. The Labute approximate surface area is 109 Å². The van der Waals surface area contributed by atoms with Crippen LogP contribution in [0.5, 0.6) is 0 Å². The fourth-order valence-electron chi connectivity index (χ4n) is 2.30. The highest BCUT2D eigenvalue weighted by atomic mass is 16.1. The maximum absolute atomic E-state index is 11.8. The minimum Gasteiger partial charge on any atom is -0.271 e. The molecule has 0 fully saturated rings. The maximum atomic E-state index is 11.8. The van der Waals surface area contributed by atoms with Gasteiger partial charge in [-0.1, -0.05) is 6.92 Å². The van der Waals surface area contributed by atoms with Crippen molar-refractivity contribution in [3.63, 3.8) is 0 Å². The zero-order valence-corrected chi connectivity index (χ0v) is 10.8. The van der Waals surface area contributed by atoms with Crippen molar-refractivity contribution in [3.8, 4) is 11.1 Å². The van der Waals surface area contributed by atoms with Gasteiger partial charge in [0, 0.05) is 31.2 Å². The molecule has 5 heteroatoms. The number of nitrogens with one attached hydrogen (secondary N) is 1. The predicted molar refractivity (Wildman–Crippen MR) is 73.9 cm³/mol. The number of hydrogen-bond acceptors (Lipinski definition) is 3. The fourth-order valence-corrected chi connectivity index (χ4v) is 2.30. The lowest BCUT2D eigenvalue weighted by Gasteiger charge is -2.06. The van der Waals surface area contributed by atoms with Crippen molar-refractivity contribution in [2.24, 2.45) is 7.05 Å². The van der Waals surface area contributed by atoms with Crippen molar-refractivity contribution in [2.75, 3.05) is 0 Å². The Hall–Kier alpha value is -2.43. The molecule has 0 saturated carbocycles. The molecule has 0 aliphatic rings. The zero-order valence-electron chi connectivity index (χ0n) is 10.8. The zero-order chi connectivity index (χ0) is 13.4. The molecule has 0 aliphatic carbocycles. The van der Waals surface area contributed by atoms with E-state index in [0.29, 0.717) is 11.0 Å². The number of rotatable bonds is 2. The number of fused-ring (bicyclic) bond motifs is 1. The lowest BCUT2D eigenvalue weighted by Crippen LogP contribution is -2.01. The average Bonchev–Trinajstić information content (AvgIpc) is 2.73. The second kappa shape index (κ2) is 4.35. The summed E-state index contributed by atoms with van der Waals surface area (Å²) in [4.78, 5) is 20.3. The normalized spacial score (nSPS) is 11.1. The smallest absolute Gasteiger partial charge is 0.271 e. The van der Waals surface area contributed by atoms with E-state index in [9.17, 15) is 4.79 Å². The van der Waals surface area contributed by atoms with Gasteiger partial charge in [0.1, 0.15) is 0 Å². The molecule has 0 atom stereocenters. The molecule has 5 nitrogen and oxygen atoms in total. The number of nitrogens with zero attached hydrogens (tertiary/aromatic N) is 3. The first kappa shape index (κ1) is 11.6. The predicted octanol–water partition coefficient (Wildman–Crippen LogP) is 1.89. The SMILES string of the molecule is CCc1cnccc1-c1cnc2c(c1)c(=O)[nH]n2C. The van der Waals surface area contributed by atoms with E-state index in [0.717, 1.165) is 23.1 Å². The van der Waals surface area contributed by atoms with Gasteiger partial charge in [0.25, 0.3) is 5.56 Å². The molecular formula is C14H14N4O. The van der Waals surface area contributed by atoms with Crippen molar-refractivity contribution in [2.45, 2.75) is 13.3 Å². The van der Waals surface area contributed by atoms with Crippen molar-refractivity contribution in [1.82, 2.24) is 19.7 Å². The second-order valence-electron chi connectivity index (χ2n) is 4.48. The van der Waals surface area contributed by atoms with Crippen LogP contribution in [0.15, 0.2) is 35.5 Å². The summed E-state index contributed by atoms with van der Waals surface area (Å²) in [6.45, 7) is 2.09. The Morgan fingerprint density at radius 2 is 2.21 bits per heavy atom. The molecule has 0 aromatic carbocycles. The van der Waals surface area contributed by atoms with E-state index < -0.39 is 0 Å². The van der Waals surface area contributed by atoms with E-state index in [1.165, 1.54) is 0 Å². The molecule has 3 rings (SSSR count). The van der Waals surface area contributed by atoms with E-state index in [1.54, 1.807) is 24.1 Å². The quantitative estimate of drug-likeness (QED) is 0.759. The number of H-pyrrole nitrogens is 1. The Morgan fingerprint density at radius 3 is 3.00 bits per heavy atom. The van der Waals surface area contributed by atoms with Gasteiger partial charge in [0.15, 0.2) is 5.65 Å². The van der Waals surface area contributed by atoms with Gasteiger partial charge in [0.2, 0.25) is 0 Å². The monoisotopic (exact) mass is 254 g/mol. The summed E-state index contributed by atoms with van der Waals surface area (Å²) in [5.41, 5.74) is 3.73. The van der Waals surface area contributed by atoms with Crippen LogP contribution in [-0.2, 0) is 13.5 Å². The highest BCUT2D eigenvalue weighted by molar-refractivity contribution is 5.81. The van der Waals surface area contributed by atoms with Crippen molar-refractivity contribution in [1.29, 1.82) is 0 Å². The first-order chi connectivity index (χ1) is 9.20. The summed E-state index contributed by atoms with van der Waals surface area (Å²) in [7, 11) is 1.78. The van der Waals surface area contributed by atoms with Crippen molar-refractivity contribution < 1.29 is 0 Å². The van der Waals surface area contributed by atoms with E-state index >= 15 is 0 Å². The minimum absolute atomic E-state index is 0.112. The van der Waals surface area contributed by atoms with Gasteiger partial charge >= 0.3 is 0 Å². The fraction of sp³-hybridized carbons (Fsp3) is 0.214. The molecule has 0 unspecified atom stereocenters. The lowest BCUT2D eigenvalue weighted by atomic mass is 10.0. The van der Waals surface area contributed by atoms with Gasteiger partial charge in [-0.3, -0.25) is 19.6 Å². The number of aromatic nitrogens is 4. The minimum atomic E-state index is -0.112. The van der Waals surface area contributed by atoms with Gasteiger partial charge in [0.05, 0.1) is 5.39 Å². The summed E-state index contributed by atoms with van der Waals surface area (Å²) in [6, 6.07) is 3.84. The van der Waals surface area contributed by atoms with Crippen LogP contribution in [0.3, 0.4) is 0 Å². The highest BCUT2D eigenvalue weighted by Crippen LogP contribution is 2.24. The van der Waals surface area contributed by atoms with Crippen molar-refractivity contribution in [3.05, 3.63) is 46.6 Å². The summed E-state index contributed by atoms with van der Waals surface area (Å²) in [5, 5.41) is 3.32. The molecule has 3 aromatic heterocycles. The van der Waals surface area contributed by atoms with Gasteiger partial charge in [-0.05, 0) is 29.7 Å².